The molecule has 0 aliphatic heterocycles. The van der Waals surface area contributed by atoms with Crippen LogP contribution in [0.5, 0.6) is 5.75 Å². The molecule has 0 radical (unpaired) electrons. The number of nitrogens with one attached hydrogen (secondary N) is 2. The van der Waals surface area contributed by atoms with Gasteiger partial charge in [-0.25, -0.2) is 0 Å². The summed E-state index contributed by atoms with van der Waals surface area (Å²) in [7, 11) is 1.60. The number of hydrogen-bond donors (Lipinski definition) is 2. The molecule has 0 atom stereocenters. The fourth-order valence-corrected chi connectivity index (χ4v) is 1.34. The third-order valence-corrected chi connectivity index (χ3v) is 2.19. The molecule has 0 aliphatic carbocycles. The molecule has 0 saturated carbocycles. The van der Waals surface area contributed by atoms with E-state index in [4.69, 9.17) is 4.74 Å². The topological polar surface area (TPSA) is 54.1 Å². The van der Waals surface area contributed by atoms with Crippen molar-refractivity contribution in [1.29, 1.82) is 0 Å². The molecule has 1 aromatic carbocycles. The number of carbonyl (C=O) groups is 1. The van der Waals surface area contributed by atoms with Crippen molar-refractivity contribution in [2.45, 2.75) is 0 Å². The molecule has 2 aromatic rings. The first-order valence-electron chi connectivity index (χ1n) is 4.88. The summed E-state index contributed by atoms with van der Waals surface area (Å²) < 4.78 is 5.03. The molecule has 0 fully saturated rings. The lowest BCUT2D eigenvalue weighted by Crippen LogP contribution is -2.11. The maximum atomic E-state index is 11.7. The van der Waals surface area contributed by atoms with Crippen LogP contribution in [0.4, 0.5) is 5.69 Å². The molecule has 1 amide bonds. The van der Waals surface area contributed by atoms with E-state index in [1.807, 2.05) is 0 Å². The van der Waals surface area contributed by atoms with Crippen LogP contribution in [0.1, 0.15) is 10.5 Å². The number of amides is 1. The van der Waals surface area contributed by atoms with Gasteiger partial charge in [0.2, 0.25) is 0 Å². The summed E-state index contributed by atoms with van der Waals surface area (Å²) in [4.78, 5) is 14.5. The number of benzene rings is 1. The van der Waals surface area contributed by atoms with Crippen LogP contribution in [-0.4, -0.2) is 18.0 Å². The molecular formula is C12H12N2O2. The van der Waals surface area contributed by atoms with Crippen LogP contribution >= 0.6 is 0 Å². The van der Waals surface area contributed by atoms with Gasteiger partial charge in [-0.1, -0.05) is 0 Å². The van der Waals surface area contributed by atoms with Crippen molar-refractivity contribution in [3.63, 3.8) is 0 Å². The number of rotatable bonds is 3. The van der Waals surface area contributed by atoms with Crippen molar-refractivity contribution in [2.75, 3.05) is 12.4 Å². The lowest BCUT2D eigenvalue weighted by molar-refractivity contribution is 0.102. The van der Waals surface area contributed by atoms with Gasteiger partial charge in [0.25, 0.3) is 5.91 Å². The van der Waals surface area contributed by atoms with Crippen LogP contribution in [0.15, 0.2) is 42.6 Å². The molecule has 2 N–H and O–H groups in total. The first-order valence-corrected chi connectivity index (χ1v) is 4.88. The Bertz CT molecular complexity index is 460. The summed E-state index contributed by atoms with van der Waals surface area (Å²) in [5.41, 5.74) is 1.27. The van der Waals surface area contributed by atoms with Crippen molar-refractivity contribution in [3.05, 3.63) is 48.3 Å². The third-order valence-electron chi connectivity index (χ3n) is 2.19. The molecule has 1 heterocycles. The van der Waals surface area contributed by atoms with Crippen LogP contribution in [0.3, 0.4) is 0 Å². The Morgan fingerprint density at radius 1 is 1.25 bits per heavy atom. The third kappa shape index (κ3) is 2.23. The first kappa shape index (κ1) is 10.3. The van der Waals surface area contributed by atoms with E-state index in [2.05, 4.69) is 10.3 Å². The smallest absolute Gasteiger partial charge is 0.272 e. The Morgan fingerprint density at radius 3 is 2.56 bits per heavy atom. The maximum Gasteiger partial charge on any atom is 0.272 e. The zero-order valence-corrected chi connectivity index (χ0v) is 8.86. The van der Waals surface area contributed by atoms with E-state index in [0.717, 1.165) is 11.4 Å². The molecule has 2 rings (SSSR count). The summed E-state index contributed by atoms with van der Waals surface area (Å²) in [6, 6.07) is 10.7. The Balaban J connectivity index is 2.06. The molecular weight excluding hydrogens is 204 g/mol. The van der Waals surface area contributed by atoms with Gasteiger partial charge in [0.05, 0.1) is 7.11 Å². The van der Waals surface area contributed by atoms with Gasteiger partial charge in [-0.05, 0) is 36.4 Å². The van der Waals surface area contributed by atoms with Gasteiger partial charge < -0.3 is 15.0 Å². The van der Waals surface area contributed by atoms with Gasteiger partial charge in [0.15, 0.2) is 0 Å². The lowest BCUT2D eigenvalue weighted by atomic mass is 10.3. The molecule has 4 heteroatoms. The average molecular weight is 216 g/mol. The molecule has 0 spiro atoms. The van der Waals surface area contributed by atoms with Crippen molar-refractivity contribution in [3.8, 4) is 5.75 Å². The second kappa shape index (κ2) is 4.53. The molecule has 16 heavy (non-hydrogen) atoms. The summed E-state index contributed by atoms with van der Waals surface area (Å²) in [5, 5.41) is 2.77. The van der Waals surface area contributed by atoms with E-state index >= 15 is 0 Å². The van der Waals surface area contributed by atoms with Gasteiger partial charge >= 0.3 is 0 Å². The Kier molecular flexibility index (Phi) is 2.91. The van der Waals surface area contributed by atoms with Crippen molar-refractivity contribution >= 4 is 11.6 Å². The molecule has 0 aliphatic rings. The predicted octanol–water partition coefficient (Wildman–Crippen LogP) is 2.28. The van der Waals surface area contributed by atoms with Crippen LogP contribution in [0.25, 0.3) is 0 Å². The van der Waals surface area contributed by atoms with Crippen LogP contribution < -0.4 is 10.1 Å². The van der Waals surface area contributed by atoms with Gasteiger partial charge in [-0.3, -0.25) is 4.79 Å². The Hall–Kier alpha value is -2.23. The van der Waals surface area contributed by atoms with Gasteiger partial charge in [0.1, 0.15) is 11.4 Å². The van der Waals surface area contributed by atoms with Gasteiger partial charge in [0, 0.05) is 11.9 Å². The maximum absolute atomic E-state index is 11.7. The number of ether oxygens (including phenoxy) is 1. The number of aromatic amines is 1. The number of H-pyrrole nitrogens is 1. The first-order chi connectivity index (χ1) is 7.79. The summed E-state index contributed by atoms with van der Waals surface area (Å²) >= 11 is 0. The highest BCUT2D eigenvalue weighted by Gasteiger charge is 2.05. The van der Waals surface area contributed by atoms with Crippen molar-refractivity contribution in [1.82, 2.24) is 4.98 Å². The minimum absolute atomic E-state index is 0.157. The van der Waals surface area contributed by atoms with E-state index in [1.165, 1.54) is 0 Å². The summed E-state index contributed by atoms with van der Waals surface area (Å²) in [5.74, 6) is 0.605. The van der Waals surface area contributed by atoms with E-state index in [0.29, 0.717) is 5.69 Å². The zero-order chi connectivity index (χ0) is 11.4. The highest BCUT2D eigenvalue weighted by molar-refractivity contribution is 6.02. The van der Waals surface area contributed by atoms with Crippen molar-refractivity contribution < 1.29 is 9.53 Å². The second-order valence-corrected chi connectivity index (χ2v) is 3.27. The zero-order valence-electron chi connectivity index (χ0n) is 8.86. The molecule has 1 aromatic heterocycles. The molecule has 0 bridgehead atoms. The van der Waals surface area contributed by atoms with Gasteiger partial charge in [-0.2, -0.15) is 0 Å². The monoisotopic (exact) mass is 216 g/mol. The van der Waals surface area contributed by atoms with E-state index in [9.17, 15) is 4.79 Å². The van der Waals surface area contributed by atoms with Gasteiger partial charge in [-0.15, -0.1) is 0 Å². The normalized spacial score (nSPS) is 9.81. The van der Waals surface area contributed by atoms with E-state index in [-0.39, 0.29) is 5.91 Å². The quantitative estimate of drug-likeness (QED) is 0.826. The fraction of sp³-hybridized carbons (Fsp3) is 0.0833. The minimum Gasteiger partial charge on any atom is -0.497 e. The summed E-state index contributed by atoms with van der Waals surface area (Å²) in [6.45, 7) is 0. The standard InChI is InChI=1S/C12H12N2O2/c1-16-10-6-4-9(5-7-10)14-12(15)11-3-2-8-13-11/h2-8,13H,1H3,(H,14,15). The Labute approximate surface area is 93.3 Å². The second-order valence-electron chi connectivity index (χ2n) is 3.27. The Morgan fingerprint density at radius 2 is 2.00 bits per heavy atom. The number of methoxy groups -OCH3 is 1. The van der Waals surface area contributed by atoms with Crippen LogP contribution in [-0.2, 0) is 0 Å². The highest BCUT2D eigenvalue weighted by atomic mass is 16.5. The number of anilines is 1. The number of aromatic nitrogens is 1. The molecule has 0 saturated heterocycles. The lowest BCUT2D eigenvalue weighted by Gasteiger charge is -2.04. The van der Waals surface area contributed by atoms with E-state index < -0.39 is 0 Å². The highest BCUT2D eigenvalue weighted by Crippen LogP contribution is 2.15. The SMILES string of the molecule is COc1ccc(NC(=O)c2ccc[nH]2)cc1. The molecule has 0 unspecified atom stereocenters. The fourth-order valence-electron chi connectivity index (χ4n) is 1.34. The average Bonchev–Trinajstić information content (AvgIpc) is 2.83. The summed E-state index contributed by atoms with van der Waals surface area (Å²) in [6.07, 6.45) is 1.71. The van der Waals surface area contributed by atoms with Crippen molar-refractivity contribution in [2.24, 2.45) is 0 Å². The number of hydrogen-bond acceptors (Lipinski definition) is 2. The predicted molar refractivity (Wildman–Crippen MR) is 61.7 cm³/mol. The largest absolute Gasteiger partial charge is 0.497 e. The number of carbonyl (C=O) groups excluding carboxylic acids is 1. The van der Waals surface area contributed by atoms with E-state index in [1.54, 1.807) is 49.7 Å². The molecule has 82 valence electrons. The van der Waals surface area contributed by atoms with Crippen LogP contribution in [0.2, 0.25) is 0 Å². The molecule has 4 nitrogen and oxygen atoms in total. The van der Waals surface area contributed by atoms with Crippen LogP contribution in [0, 0.1) is 0 Å². The minimum atomic E-state index is -0.157.